The number of hydrogen-bond acceptors (Lipinski definition) is 12. The fraction of sp³-hybridized carbons (Fsp3) is 0.604. The first-order chi connectivity index (χ1) is 34.6. The third-order valence-corrected chi connectivity index (χ3v) is 11.8. The number of amides is 8. The second kappa shape index (κ2) is 32.6. The van der Waals surface area contributed by atoms with E-state index in [1.807, 2.05) is 33.8 Å². The molecule has 25 heteroatoms. The molecule has 0 saturated heterocycles. The first kappa shape index (κ1) is 61.8. The summed E-state index contributed by atoms with van der Waals surface area (Å²) in [6.07, 6.45) is 5.46. The average Bonchev–Trinajstić information content (AvgIpc) is 3.85. The largest absolute Gasteiger partial charge is 0.370 e. The summed E-state index contributed by atoms with van der Waals surface area (Å²) in [5.74, 6) is -6.62. The summed E-state index contributed by atoms with van der Waals surface area (Å²) in [5.41, 5.74) is 35.3. The first-order valence-corrected chi connectivity index (χ1v) is 24.9. The maximum atomic E-state index is 14.4. The van der Waals surface area contributed by atoms with Gasteiger partial charge in [0.05, 0.1) is 12.4 Å². The molecule has 0 aliphatic carbocycles. The molecule has 73 heavy (non-hydrogen) atoms. The number of hydrogen-bond donors (Lipinski definition) is 14. The zero-order valence-corrected chi connectivity index (χ0v) is 43.1. The molecule has 406 valence electrons. The number of carbonyl (C=O) groups excluding carboxylic acids is 8. The highest BCUT2D eigenvalue weighted by Crippen LogP contribution is 2.14. The van der Waals surface area contributed by atoms with Gasteiger partial charge in [-0.1, -0.05) is 84.2 Å². The van der Waals surface area contributed by atoms with Gasteiger partial charge in [0, 0.05) is 37.8 Å². The van der Waals surface area contributed by atoms with Crippen molar-refractivity contribution in [3.8, 4) is 0 Å². The maximum absolute atomic E-state index is 14.4. The summed E-state index contributed by atoms with van der Waals surface area (Å²) in [5, 5.41) is 19.0. The lowest BCUT2D eigenvalue weighted by atomic mass is 9.95. The predicted octanol–water partition coefficient (Wildman–Crippen LogP) is -2.19. The second-order valence-corrected chi connectivity index (χ2v) is 18.6. The lowest BCUT2D eigenvalue weighted by Crippen LogP contribution is -2.61. The van der Waals surface area contributed by atoms with E-state index in [4.69, 9.17) is 34.4 Å². The number of carbonyl (C=O) groups is 8. The number of H-pyrrole nitrogens is 1. The number of unbranched alkanes of at least 4 members (excludes halogenated alkanes) is 1. The van der Waals surface area contributed by atoms with Crippen LogP contribution >= 0.6 is 0 Å². The van der Waals surface area contributed by atoms with Crippen LogP contribution in [0.25, 0.3) is 0 Å². The number of benzene rings is 1. The van der Waals surface area contributed by atoms with Crippen LogP contribution < -0.4 is 71.6 Å². The van der Waals surface area contributed by atoms with Crippen LogP contribution in [0.4, 0.5) is 0 Å². The van der Waals surface area contributed by atoms with Crippen molar-refractivity contribution in [2.24, 2.45) is 56.2 Å². The van der Waals surface area contributed by atoms with Gasteiger partial charge in [-0.2, -0.15) is 0 Å². The van der Waals surface area contributed by atoms with Crippen molar-refractivity contribution < 1.29 is 38.4 Å². The molecular formula is C48H81N17O8. The van der Waals surface area contributed by atoms with Crippen molar-refractivity contribution in [3.63, 3.8) is 0 Å². The Labute approximate surface area is 427 Å². The Balaban J connectivity index is 2.40. The number of aromatic nitrogens is 2. The van der Waals surface area contributed by atoms with Crippen molar-refractivity contribution in [3.05, 3.63) is 54.1 Å². The number of guanidine groups is 2. The minimum absolute atomic E-state index is 0.0226. The van der Waals surface area contributed by atoms with Gasteiger partial charge in [-0.25, -0.2) is 4.98 Å². The Kier molecular flexibility index (Phi) is 27.6. The van der Waals surface area contributed by atoms with Crippen LogP contribution in [0, 0.1) is 11.8 Å². The summed E-state index contributed by atoms with van der Waals surface area (Å²) >= 11 is 0. The van der Waals surface area contributed by atoms with Crippen molar-refractivity contribution >= 4 is 59.2 Å². The quantitative estimate of drug-likeness (QED) is 0.0201. The standard InChI is InChI=1S/C48H81N17O8/c1-7-9-17-33(60-40(67)29(6)59-41(68)32(49)24-31-25-55-26-58-31)42(69)61-34(18-13-20-56-47(51)52)43(70)62-35(19-14-21-57-48(53)54)44(71)64-37(22-27(3)4)45(72)65-38(28(5)8-2)46(73)63-36(39(50)66)23-30-15-11-10-12-16-30/h10-12,15-16,25-29,32-38H,7-9,13-14,17-24,49H2,1-6H3,(H2,50,66)(H,55,58)(H,59,68)(H,60,67)(H,61,69)(H,62,70)(H,63,73)(H,64,71)(H,65,72)(H4,51,52,56)(H4,53,54,57)/t28-,29-,32-,33-,34-,35-,36-,37-,38-/m0/s1. The smallest absolute Gasteiger partial charge is 0.243 e. The van der Waals surface area contributed by atoms with Gasteiger partial charge in [-0.05, 0) is 62.8 Å². The highest BCUT2D eigenvalue weighted by atomic mass is 16.2. The maximum Gasteiger partial charge on any atom is 0.243 e. The topological polar surface area (TPSA) is 430 Å². The van der Waals surface area contributed by atoms with E-state index in [-0.39, 0.29) is 82.3 Å². The van der Waals surface area contributed by atoms with Gasteiger partial charge in [0.2, 0.25) is 47.3 Å². The van der Waals surface area contributed by atoms with Crippen LogP contribution in [0.3, 0.4) is 0 Å². The summed E-state index contributed by atoms with van der Waals surface area (Å²) in [4.78, 5) is 124. The molecule has 0 spiro atoms. The molecule has 0 bridgehead atoms. The highest BCUT2D eigenvalue weighted by Gasteiger charge is 2.35. The van der Waals surface area contributed by atoms with Crippen LogP contribution in [-0.4, -0.2) is 131 Å². The summed E-state index contributed by atoms with van der Waals surface area (Å²) in [7, 11) is 0. The van der Waals surface area contributed by atoms with E-state index in [0.29, 0.717) is 25.0 Å². The molecule has 1 heterocycles. The first-order valence-electron chi connectivity index (χ1n) is 24.9. The fourth-order valence-corrected chi connectivity index (χ4v) is 7.44. The van der Waals surface area contributed by atoms with Crippen LogP contribution in [0.5, 0.6) is 0 Å². The minimum atomic E-state index is -1.32. The Morgan fingerprint density at radius 3 is 1.55 bits per heavy atom. The molecule has 0 aliphatic heterocycles. The third-order valence-electron chi connectivity index (χ3n) is 11.8. The number of aliphatic imine (C=N–C) groups is 2. The number of aromatic amines is 1. The van der Waals surface area contributed by atoms with Crippen molar-refractivity contribution in [1.29, 1.82) is 0 Å². The summed E-state index contributed by atoms with van der Waals surface area (Å²) < 4.78 is 0. The van der Waals surface area contributed by atoms with Gasteiger partial charge in [0.25, 0.3) is 0 Å². The van der Waals surface area contributed by atoms with E-state index in [2.05, 4.69) is 57.2 Å². The van der Waals surface area contributed by atoms with Crippen molar-refractivity contribution in [2.75, 3.05) is 13.1 Å². The van der Waals surface area contributed by atoms with Crippen molar-refractivity contribution in [1.82, 2.24) is 47.2 Å². The van der Waals surface area contributed by atoms with Crippen LogP contribution in [0.1, 0.15) is 111 Å². The molecule has 25 nitrogen and oxygen atoms in total. The lowest BCUT2D eigenvalue weighted by Gasteiger charge is -2.29. The third kappa shape index (κ3) is 23.6. The SMILES string of the molecule is CCCC[C@H](NC(=O)[C@H](C)NC(=O)[C@@H](N)Cc1cnc[nH]1)C(=O)N[C@@H](CCCN=C(N)N)C(=O)N[C@@H](CCCN=C(N)N)C(=O)N[C@@H](CC(C)C)C(=O)N[C@H](C(=O)N[C@@H](Cc1ccccc1)C(N)=O)[C@@H](C)CC. The molecule has 0 radical (unpaired) electrons. The van der Waals surface area contributed by atoms with E-state index in [1.54, 1.807) is 31.2 Å². The van der Waals surface area contributed by atoms with Gasteiger partial charge in [0.1, 0.15) is 42.3 Å². The predicted molar refractivity (Wildman–Crippen MR) is 277 cm³/mol. The number of rotatable bonds is 34. The molecule has 1 aromatic carbocycles. The zero-order chi connectivity index (χ0) is 54.6. The van der Waals surface area contributed by atoms with E-state index in [0.717, 1.165) is 5.56 Å². The van der Waals surface area contributed by atoms with E-state index in [1.165, 1.54) is 19.4 Å². The Morgan fingerprint density at radius 1 is 0.589 bits per heavy atom. The number of imidazole rings is 1. The number of nitrogens with zero attached hydrogens (tertiary/aromatic N) is 3. The van der Waals surface area contributed by atoms with Crippen LogP contribution in [-0.2, 0) is 51.2 Å². The molecule has 0 fully saturated rings. The molecule has 2 aromatic rings. The van der Waals surface area contributed by atoms with Crippen LogP contribution in [0.15, 0.2) is 52.8 Å². The fourth-order valence-electron chi connectivity index (χ4n) is 7.44. The van der Waals surface area contributed by atoms with Gasteiger partial charge in [0.15, 0.2) is 11.9 Å². The minimum Gasteiger partial charge on any atom is -0.370 e. The zero-order valence-electron chi connectivity index (χ0n) is 43.1. The molecule has 0 unspecified atom stereocenters. The molecule has 1 aromatic heterocycles. The molecular weight excluding hydrogens is 943 g/mol. The second-order valence-electron chi connectivity index (χ2n) is 18.6. The molecule has 20 N–H and O–H groups in total. The Bertz CT molecular complexity index is 2130. The van der Waals surface area contributed by atoms with E-state index < -0.39 is 102 Å². The molecule has 9 atom stereocenters. The molecule has 2 rings (SSSR count). The van der Waals surface area contributed by atoms with Crippen LogP contribution in [0.2, 0.25) is 0 Å². The highest BCUT2D eigenvalue weighted by molar-refractivity contribution is 5.97. The average molecular weight is 1020 g/mol. The Morgan fingerprint density at radius 2 is 1.08 bits per heavy atom. The van der Waals surface area contributed by atoms with E-state index in [9.17, 15) is 38.4 Å². The van der Waals surface area contributed by atoms with E-state index >= 15 is 0 Å². The number of nitrogens with two attached hydrogens (primary N) is 6. The summed E-state index contributed by atoms with van der Waals surface area (Å²) in [6, 6.07) is -0.327. The Hall–Kier alpha value is -7.31. The lowest BCUT2D eigenvalue weighted by molar-refractivity contribution is -0.136. The normalized spacial score (nSPS) is 14.7. The number of primary amides is 1. The molecule has 0 aliphatic rings. The molecule has 8 amide bonds. The van der Waals surface area contributed by atoms with Gasteiger partial charge in [-0.3, -0.25) is 48.3 Å². The number of nitrogens with one attached hydrogen (secondary N) is 8. The summed E-state index contributed by atoms with van der Waals surface area (Å²) in [6.45, 7) is 10.8. The van der Waals surface area contributed by atoms with Gasteiger partial charge in [-0.15, -0.1) is 0 Å². The molecule has 0 saturated carbocycles. The van der Waals surface area contributed by atoms with Gasteiger partial charge < -0.3 is 76.6 Å². The van der Waals surface area contributed by atoms with Gasteiger partial charge >= 0.3 is 0 Å². The van der Waals surface area contributed by atoms with Crippen molar-refractivity contribution in [2.45, 2.75) is 161 Å². The monoisotopic (exact) mass is 1020 g/mol.